The normalized spacial score (nSPS) is 10.5. The van der Waals surface area contributed by atoms with Crippen LogP contribution in [0.4, 0.5) is 10.8 Å². The van der Waals surface area contributed by atoms with Gasteiger partial charge in [0.1, 0.15) is 11.5 Å². The third-order valence-electron chi connectivity index (χ3n) is 3.88. The molecule has 0 aliphatic carbocycles. The zero-order valence-corrected chi connectivity index (χ0v) is 15.5. The van der Waals surface area contributed by atoms with E-state index in [1.165, 1.54) is 4.88 Å². The van der Waals surface area contributed by atoms with Crippen LogP contribution in [0.3, 0.4) is 0 Å². The number of methoxy groups -OCH3 is 2. The molecular weight excluding hydrogens is 332 g/mol. The minimum Gasteiger partial charge on any atom is -0.497 e. The van der Waals surface area contributed by atoms with Gasteiger partial charge >= 0.3 is 0 Å². The van der Waals surface area contributed by atoms with Crippen LogP contribution in [0.25, 0.3) is 11.3 Å². The summed E-state index contributed by atoms with van der Waals surface area (Å²) in [5.41, 5.74) is 3.16. The van der Waals surface area contributed by atoms with Crippen LogP contribution in [0, 0.1) is 0 Å². The smallest absolute Gasteiger partial charge is 0.187 e. The lowest BCUT2D eigenvalue weighted by molar-refractivity contribution is 0.415. The molecular formula is C20H22N2O2S. The second kappa shape index (κ2) is 8.03. The summed E-state index contributed by atoms with van der Waals surface area (Å²) in [5.74, 6) is 1.70. The maximum atomic E-state index is 5.25. The molecule has 0 spiro atoms. The van der Waals surface area contributed by atoms with E-state index in [2.05, 4.69) is 24.4 Å². The zero-order chi connectivity index (χ0) is 17.6. The molecule has 0 atom stereocenters. The number of aryl methyl sites for hydroxylation is 1. The Morgan fingerprint density at radius 3 is 2.08 bits per heavy atom. The van der Waals surface area contributed by atoms with Crippen LogP contribution in [0.5, 0.6) is 11.5 Å². The monoisotopic (exact) mass is 354 g/mol. The number of ether oxygens (including phenoxy) is 2. The Bertz CT molecular complexity index is 811. The van der Waals surface area contributed by atoms with Gasteiger partial charge in [0.25, 0.3) is 0 Å². The van der Waals surface area contributed by atoms with Crippen molar-refractivity contribution in [1.29, 1.82) is 0 Å². The molecule has 1 heterocycles. The molecule has 0 bridgehead atoms. The Kier molecular flexibility index (Phi) is 5.56. The Balaban J connectivity index is 1.87. The number of anilines is 2. The highest BCUT2D eigenvalue weighted by Crippen LogP contribution is 2.34. The molecule has 5 heteroatoms. The van der Waals surface area contributed by atoms with E-state index in [1.54, 1.807) is 25.6 Å². The van der Waals surface area contributed by atoms with Gasteiger partial charge in [0, 0.05) is 16.1 Å². The van der Waals surface area contributed by atoms with E-state index in [-0.39, 0.29) is 0 Å². The van der Waals surface area contributed by atoms with Crippen molar-refractivity contribution >= 4 is 22.2 Å². The summed E-state index contributed by atoms with van der Waals surface area (Å²) in [5, 5.41) is 4.30. The molecule has 1 aromatic heterocycles. The van der Waals surface area contributed by atoms with Crippen molar-refractivity contribution in [2.75, 3.05) is 19.5 Å². The number of benzene rings is 2. The maximum absolute atomic E-state index is 5.25. The van der Waals surface area contributed by atoms with Gasteiger partial charge in [-0.3, -0.25) is 0 Å². The van der Waals surface area contributed by atoms with Gasteiger partial charge in [-0.05, 0) is 55.0 Å². The lowest BCUT2D eigenvalue weighted by Gasteiger charge is -2.04. The van der Waals surface area contributed by atoms with Crippen LogP contribution in [0.2, 0.25) is 0 Å². The van der Waals surface area contributed by atoms with E-state index in [9.17, 15) is 0 Å². The van der Waals surface area contributed by atoms with Crippen molar-refractivity contribution in [2.24, 2.45) is 0 Å². The summed E-state index contributed by atoms with van der Waals surface area (Å²) in [4.78, 5) is 6.12. The SMILES string of the molecule is CCCc1sc(Nc2ccc(OC)cc2)nc1-c1ccc(OC)cc1. The largest absolute Gasteiger partial charge is 0.497 e. The fraction of sp³-hybridized carbons (Fsp3) is 0.250. The van der Waals surface area contributed by atoms with Gasteiger partial charge in [0.05, 0.1) is 19.9 Å². The number of rotatable bonds is 7. The molecule has 0 radical (unpaired) electrons. The molecule has 3 rings (SSSR count). The van der Waals surface area contributed by atoms with Crippen molar-refractivity contribution < 1.29 is 9.47 Å². The van der Waals surface area contributed by atoms with Crippen LogP contribution in [-0.4, -0.2) is 19.2 Å². The number of thiazole rings is 1. The molecule has 130 valence electrons. The summed E-state index contributed by atoms with van der Waals surface area (Å²) in [7, 11) is 3.35. The molecule has 25 heavy (non-hydrogen) atoms. The molecule has 0 fully saturated rings. The summed E-state index contributed by atoms with van der Waals surface area (Å²) in [6.07, 6.45) is 2.11. The molecule has 0 saturated carbocycles. The molecule has 4 nitrogen and oxygen atoms in total. The Morgan fingerprint density at radius 2 is 1.52 bits per heavy atom. The molecule has 0 unspecified atom stereocenters. The van der Waals surface area contributed by atoms with Crippen LogP contribution in [0.15, 0.2) is 48.5 Å². The highest BCUT2D eigenvalue weighted by atomic mass is 32.1. The molecule has 1 N–H and O–H groups in total. The molecule has 0 aliphatic heterocycles. The number of nitrogens with zero attached hydrogens (tertiary/aromatic N) is 1. The van der Waals surface area contributed by atoms with Gasteiger partial charge in [0.15, 0.2) is 5.13 Å². The first kappa shape index (κ1) is 17.3. The quantitative estimate of drug-likeness (QED) is 0.606. The van der Waals surface area contributed by atoms with Crippen molar-refractivity contribution in [3.63, 3.8) is 0 Å². The van der Waals surface area contributed by atoms with E-state index < -0.39 is 0 Å². The predicted molar refractivity (Wildman–Crippen MR) is 104 cm³/mol. The minimum absolute atomic E-state index is 0.843. The first-order valence-electron chi connectivity index (χ1n) is 8.28. The van der Waals surface area contributed by atoms with Crippen LogP contribution in [-0.2, 0) is 6.42 Å². The van der Waals surface area contributed by atoms with Crippen LogP contribution in [0.1, 0.15) is 18.2 Å². The van der Waals surface area contributed by atoms with E-state index >= 15 is 0 Å². The third kappa shape index (κ3) is 4.12. The number of aromatic nitrogens is 1. The maximum Gasteiger partial charge on any atom is 0.187 e. The van der Waals surface area contributed by atoms with Crippen molar-refractivity contribution in [2.45, 2.75) is 19.8 Å². The van der Waals surface area contributed by atoms with E-state index in [0.29, 0.717) is 0 Å². The van der Waals surface area contributed by atoms with E-state index in [1.807, 2.05) is 36.4 Å². The Hall–Kier alpha value is -2.53. The summed E-state index contributed by atoms with van der Waals surface area (Å²) in [6, 6.07) is 15.9. The summed E-state index contributed by atoms with van der Waals surface area (Å²) < 4.78 is 10.4. The standard InChI is InChI=1S/C20H22N2O2S/c1-4-5-18-19(14-6-10-16(23-2)11-7-14)22-20(25-18)21-15-8-12-17(24-3)13-9-15/h6-13H,4-5H2,1-3H3,(H,21,22). The molecule has 2 aromatic carbocycles. The first-order chi connectivity index (χ1) is 12.2. The second-order valence-electron chi connectivity index (χ2n) is 5.62. The van der Waals surface area contributed by atoms with Crippen LogP contribution >= 0.6 is 11.3 Å². The lowest BCUT2D eigenvalue weighted by Crippen LogP contribution is -1.90. The highest BCUT2D eigenvalue weighted by molar-refractivity contribution is 7.16. The van der Waals surface area contributed by atoms with E-state index in [4.69, 9.17) is 14.5 Å². The van der Waals surface area contributed by atoms with Gasteiger partial charge in [0.2, 0.25) is 0 Å². The van der Waals surface area contributed by atoms with Gasteiger partial charge in [-0.15, -0.1) is 11.3 Å². The molecule has 0 saturated heterocycles. The first-order valence-corrected chi connectivity index (χ1v) is 9.10. The Labute approximate surface area is 152 Å². The van der Waals surface area contributed by atoms with Crippen LogP contribution < -0.4 is 14.8 Å². The van der Waals surface area contributed by atoms with Gasteiger partial charge < -0.3 is 14.8 Å². The fourth-order valence-electron chi connectivity index (χ4n) is 2.57. The Morgan fingerprint density at radius 1 is 0.920 bits per heavy atom. The lowest BCUT2D eigenvalue weighted by atomic mass is 10.1. The zero-order valence-electron chi connectivity index (χ0n) is 14.7. The summed E-state index contributed by atoms with van der Waals surface area (Å²) >= 11 is 1.71. The third-order valence-corrected chi connectivity index (χ3v) is 4.91. The minimum atomic E-state index is 0.843. The van der Waals surface area contributed by atoms with Crippen molar-refractivity contribution in [3.8, 4) is 22.8 Å². The molecule has 0 aliphatic rings. The van der Waals surface area contributed by atoms with E-state index in [0.717, 1.165) is 46.4 Å². The number of nitrogens with one attached hydrogen (secondary N) is 1. The number of hydrogen-bond donors (Lipinski definition) is 1. The van der Waals surface area contributed by atoms with Gasteiger partial charge in [-0.1, -0.05) is 13.3 Å². The average Bonchev–Trinajstić information content (AvgIpc) is 3.05. The average molecular weight is 354 g/mol. The summed E-state index contributed by atoms with van der Waals surface area (Å²) in [6.45, 7) is 2.19. The van der Waals surface area contributed by atoms with Gasteiger partial charge in [-0.2, -0.15) is 0 Å². The number of hydrogen-bond acceptors (Lipinski definition) is 5. The second-order valence-corrected chi connectivity index (χ2v) is 6.71. The van der Waals surface area contributed by atoms with Crippen molar-refractivity contribution in [1.82, 2.24) is 4.98 Å². The van der Waals surface area contributed by atoms with Crippen molar-refractivity contribution in [3.05, 3.63) is 53.4 Å². The fourth-order valence-corrected chi connectivity index (χ4v) is 3.68. The predicted octanol–water partition coefficient (Wildman–Crippen LogP) is 5.52. The van der Waals surface area contributed by atoms with Gasteiger partial charge in [-0.25, -0.2) is 4.98 Å². The molecule has 0 amide bonds. The highest BCUT2D eigenvalue weighted by Gasteiger charge is 2.13. The molecule has 3 aromatic rings. The topological polar surface area (TPSA) is 43.4 Å².